The Morgan fingerprint density at radius 2 is 2.07 bits per heavy atom. The highest BCUT2D eigenvalue weighted by atomic mass is 16.5. The monoisotopic (exact) mass is 204 g/mol. The van der Waals surface area contributed by atoms with Crippen molar-refractivity contribution in [2.75, 3.05) is 7.11 Å². The zero-order chi connectivity index (χ0) is 10.7. The molecule has 0 fully saturated rings. The number of H-pyrrole nitrogens is 1. The molecule has 2 rings (SSSR count). The lowest BCUT2D eigenvalue weighted by Gasteiger charge is -2.00. The van der Waals surface area contributed by atoms with Crippen LogP contribution in [0, 0.1) is 0 Å². The molecule has 1 heterocycles. The summed E-state index contributed by atoms with van der Waals surface area (Å²) in [6.45, 7) is -0.0490. The van der Waals surface area contributed by atoms with E-state index in [1.54, 1.807) is 13.3 Å². The summed E-state index contributed by atoms with van der Waals surface area (Å²) >= 11 is 0. The molecular weight excluding hydrogens is 192 g/mol. The molecule has 4 heteroatoms. The van der Waals surface area contributed by atoms with Gasteiger partial charge in [-0.2, -0.15) is 0 Å². The fourth-order valence-electron chi connectivity index (χ4n) is 1.34. The molecule has 2 N–H and O–H groups in total. The zero-order valence-corrected chi connectivity index (χ0v) is 8.40. The van der Waals surface area contributed by atoms with Gasteiger partial charge in [-0.1, -0.05) is 0 Å². The number of hydrogen-bond acceptors (Lipinski definition) is 3. The van der Waals surface area contributed by atoms with Gasteiger partial charge in [-0.25, -0.2) is 4.98 Å². The first-order chi connectivity index (χ1) is 7.33. The van der Waals surface area contributed by atoms with Crippen LogP contribution in [0.2, 0.25) is 0 Å². The summed E-state index contributed by atoms with van der Waals surface area (Å²) in [7, 11) is 1.63. The van der Waals surface area contributed by atoms with E-state index in [9.17, 15) is 0 Å². The topological polar surface area (TPSA) is 58.1 Å². The van der Waals surface area contributed by atoms with Gasteiger partial charge in [-0.05, 0) is 24.3 Å². The van der Waals surface area contributed by atoms with E-state index in [1.807, 2.05) is 24.3 Å². The normalized spacial score (nSPS) is 10.3. The van der Waals surface area contributed by atoms with Gasteiger partial charge in [-0.3, -0.25) is 0 Å². The minimum atomic E-state index is -0.0490. The van der Waals surface area contributed by atoms with E-state index in [2.05, 4.69) is 9.97 Å². The maximum Gasteiger partial charge on any atom is 0.137 e. The van der Waals surface area contributed by atoms with Crippen molar-refractivity contribution in [2.24, 2.45) is 0 Å². The number of ether oxygens (including phenoxy) is 1. The van der Waals surface area contributed by atoms with E-state index in [0.717, 1.165) is 17.1 Å². The van der Waals surface area contributed by atoms with Crippen LogP contribution in [0.3, 0.4) is 0 Å². The number of aromatic nitrogens is 2. The third-order valence-electron chi connectivity index (χ3n) is 2.16. The molecule has 2 aromatic rings. The van der Waals surface area contributed by atoms with Crippen molar-refractivity contribution in [1.29, 1.82) is 0 Å². The number of aliphatic hydroxyl groups is 1. The summed E-state index contributed by atoms with van der Waals surface area (Å²) < 4.78 is 5.06. The van der Waals surface area contributed by atoms with E-state index in [4.69, 9.17) is 9.84 Å². The van der Waals surface area contributed by atoms with Crippen LogP contribution in [0.25, 0.3) is 11.4 Å². The maximum atomic E-state index is 8.88. The molecule has 78 valence electrons. The summed E-state index contributed by atoms with van der Waals surface area (Å²) in [4.78, 5) is 7.21. The number of rotatable bonds is 3. The van der Waals surface area contributed by atoms with Crippen LogP contribution in [-0.4, -0.2) is 22.2 Å². The molecule has 1 aromatic carbocycles. The predicted molar refractivity (Wildman–Crippen MR) is 56.5 cm³/mol. The Kier molecular flexibility index (Phi) is 2.69. The van der Waals surface area contributed by atoms with Crippen LogP contribution in [0.15, 0.2) is 30.5 Å². The number of benzene rings is 1. The van der Waals surface area contributed by atoms with Crippen LogP contribution in [0.1, 0.15) is 5.69 Å². The lowest BCUT2D eigenvalue weighted by Crippen LogP contribution is -1.85. The van der Waals surface area contributed by atoms with Gasteiger partial charge in [0.15, 0.2) is 0 Å². The molecular formula is C11H12N2O2. The molecule has 0 aliphatic carbocycles. The first-order valence-corrected chi connectivity index (χ1v) is 4.63. The highest BCUT2D eigenvalue weighted by Crippen LogP contribution is 2.19. The second-order valence-corrected chi connectivity index (χ2v) is 3.13. The van der Waals surface area contributed by atoms with Gasteiger partial charge < -0.3 is 14.8 Å². The quantitative estimate of drug-likeness (QED) is 0.798. The molecule has 0 spiro atoms. The first kappa shape index (κ1) is 9.73. The van der Waals surface area contributed by atoms with E-state index >= 15 is 0 Å². The minimum absolute atomic E-state index is 0.0490. The molecule has 0 aliphatic heterocycles. The van der Waals surface area contributed by atoms with Gasteiger partial charge >= 0.3 is 0 Å². The number of methoxy groups -OCH3 is 1. The lowest BCUT2D eigenvalue weighted by atomic mass is 10.2. The third-order valence-corrected chi connectivity index (χ3v) is 2.16. The Bertz CT molecular complexity index is 434. The summed E-state index contributed by atoms with van der Waals surface area (Å²) in [5, 5.41) is 8.88. The minimum Gasteiger partial charge on any atom is -0.497 e. The molecule has 0 aliphatic rings. The van der Waals surface area contributed by atoms with Crippen LogP contribution in [0.5, 0.6) is 5.75 Å². The fourth-order valence-corrected chi connectivity index (χ4v) is 1.34. The Labute approximate surface area is 87.6 Å². The van der Waals surface area contributed by atoms with Crippen molar-refractivity contribution >= 4 is 0 Å². The van der Waals surface area contributed by atoms with Crippen molar-refractivity contribution in [2.45, 2.75) is 6.61 Å². The molecule has 0 radical (unpaired) electrons. The Hall–Kier alpha value is -1.81. The molecule has 0 bridgehead atoms. The highest BCUT2D eigenvalue weighted by Gasteiger charge is 2.02. The zero-order valence-electron chi connectivity index (χ0n) is 8.40. The molecule has 0 saturated carbocycles. The average molecular weight is 204 g/mol. The van der Waals surface area contributed by atoms with Gasteiger partial charge in [0.05, 0.1) is 19.4 Å². The van der Waals surface area contributed by atoms with Gasteiger partial charge in [0.2, 0.25) is 0 Å². The van der Waals surface area contributed by atoms with Crippen molar-refractivity contribution in [1.82, 2.24) is 9.97 Å². The summed E-state index contributed by atoms with van der Waals surface area (Å²) in [5.74, 6) is 1.56. The highest BCUT2D eigenvalue weighted by molar-refractivity contribution is 5.56. The van der Waals surface area contributed by atoms with E-state index in [-0.39, 0.29) is 6.61 Å². The largest absolute Gasteiger partial charge is 0.497 e. The van der Waals surface area contributed by atoms with Crippen molar-refractivity contribution in [3.8, 4) is 17.1 Å². The SMILES string of the molecule is COc1ccc(-c2nc(CO)c[nH]2)cc1. The lowest BCUT2D eigenvalue weighted by molar-refractivity contribution is 0.277. The smallest absolute Gasteiger partial charge is 0.137 e. The predicted octanol–water partition coefficient (Wildman–Crippen LogP) is 1.58. The standard InChI is InChI=1S/C11H12N2O2/c1-15-10-4-2-8(3-5-10)11-12-6-9(7-14)13-11/h2-6,14H,7H2,1H3,(H,12,13). The second kappa shape index (κ2) is 4.14. The maximum absolute atomic E-state index is 8.88. The third kappa shape index (κ3) is 1.99. The van der Waals surface area contributed by atoms with Gasteiger partial charge in [0, 0.05) is 11.8 Å². The fraction of sp³-hybridized carbons (Fsp3) is 0.182. The number of aromatic amines is 1. The second-order valence-electron chi connectivity index (χ2n) is 3.13. The van der Waals surface area contributed by atoms with E-state index < -0.39 is 0 Å². The number of nitrogens with zero attached hydrogens (tertiary/aromatic N) is 1. The van der Waals surface area contributed by atoms with Gasteiger partial charge in [0.1, 0.15) is 11.6 Å². The van der Waals surface area contributed by atoms with E-state index in [0.29, 0.717) is 5.69 Å². The Balaban J connectivity index is 2.28. The number of nitrogens with one attached hydrogen (secondary N) is 1. The molecule has 0 unspecified atom stereocenters. The Morgan fingerprint density at radius 3 is 2.60 bits per heavy atom. The van der Waals surface area contributed by atoms with Gasteiger partial charge in [0.25, 0.3) is 0 Å². The van der Waals surface area contributed by atoms with Crippen LogP contribution in [0.4, 0.5) is 0 Å². The molecule has 0 amide bonds. The van der Waals surface area contributed by atoms with E-state index in [1.165, 1.54) is 0 Å². The molecule has 15 heavy (non-hydrogen) atoms. The molecule has 0 saturated heterocycles. The molecule has 4 nitrogen and oxygen atoms in total. The molecule has 1 aromatic heterocycles. The van der Waals surface area contributed by atoms with Gasteiger partial charge in [-0.15, -0.1) is 0 Å². The van der Waals surface area contributed by atoms with Crippen molar-refractivity contribution < 1.29 is 9.84 Å². The number of hydrogen-bond donors (Lipinski definition) is 2. The summed E-state index contributed by atoms with van der Waals surface area (Å²) in [6, 6.07) is 7.57. The van der Waals surface area contributed by atoms with Crippen molar-refractivity contribution in [3.05, 3.63) is 36.2 Å². The van der Waals surface area contributed by atoms with Crippen LogP contribution < -0.4 is 4.74 Å². The average Bonchev–Trinajstić information content (AvgIpc) is 2.78. The Morgan fingerprint density at radius 1 is 1.33 bits per heavy atom. The number of imidazole rings is 1. The van der Waals surface area contributed by atoms with Crippen molar-refractivity contribution in [3.63, 3.8) is 0 Å². The summed E-state index contributed by atoms with van der Waals surface area (Å²) in [6.07, 6.45) is 1.69. The summed E-state index contributed by atoms with van der Waals surface area (Å²) in [5.41, 5.74) is 1.61. The first-order valence-electron chi connectivity index (χ1n) is 4.63. The van der Waals surface area contributed by atoms with Crippen LogP contribution >= 0.6 is 0 Å². The molecule has 0 atom stereocenters. The number of aliphatic hydroxyl groups excluding tert-OH is 1. The van der Waals surface area contributed by atoms with Crippen LogP contribution in [-0.2, 0) is 6.61 Å².